The Bertz CT molecular complexity index is 476. The van der Waals surface area contributed by atoms with Crippen LogP contribution in [-0.4, -0.2) is 9.78 Å². The van der Waals surface area contributed by atoms with Gasteiger partial charge in [-0.2, -0.15) is 5.10 Å². The van der Waals surface area contributed by atoms with Crippen LogP contribution in [0.25, 0.3) is 5.69 Å². The zero-order valence-corrected chi connectivity index (χ0v) is 10.0. The Balaban J connectivity index is 2.44. The summed E-state index contributed by atoms with van der Waals surface area (Å²) in [6, 6.07) is 6.11. The third-order valence-electron chi connectivity index (χ3n) is 2.28. The molecule has 1 aromatic heterocycles. The van der Waals surface area contributed by atoms with Crippen molar-refractivity contribution in [2.24, 2.45) is 5.73 Å². The van der Waals surface area contributed by atoms with Crippen molar-refractivity contribution in [3.63, 3.8) is 0 Å². The maximum absolute atomic E-state index is 5.54. The van der Waals surface area contributed by atoms with Gasteiger partial charge < -0.3 is 5.73 Å². The molecular weight excluding hydrogens is 254 g/mol. The molecule has 0 radical (unpaired) electrons. The molecule has 15 heavy (non-hydrogen) atoms. The van der Waals surface area contributed by atoms with Crippen molar-refractivity contribution in [2.75, 3.05) is 0 Å². The van der Waals surface area contributed by atoms with Crippen LogP contribution in [0.5, 0.6) is 0 Å². The molecular formula is C11H12BrN3. The van der Waals surface area contributed by atoms with Gasteiger partial charge in [-0.3, -0.25) is 0 Å². The van der Waals surface area contributed by atoms with Gasteiger partial charge in [0.15, 0.2) is 0 Å². The molecule has 2 N–H and O–H groups in total. The molecule has 0 amide bonds. The van der Waals surface area contributed by atoms with Gasteiger partial charge in [-0.1, -0.05) is 15.9 Å². The van der Waals surface area contributed by atoms with Gasteiger partial charge in [-0.05, 0) is 30.7 Å². The average Bonchev–Trinajstić information content (AvgIpc) is 2.66. The van der Waals surface area contributed by atoms with Gasteiger partial charge in [0, 0.05) is 22.8 Å². The summed E-state index contributed by atoms with van der Waals surface area (Å²) in [7, 11) is 0. The maximum atomic E-state index is 5.54. The Labute approximate surface area is 97.0 Å². The molecule has 4 heteroatoms. The smallest absolute Gasteiger partial charge is 0.0675 e. The standard InChI is InChI=1S/C11H12BrN3/c1-8-4-10(12)2-3-11(8)15-7-9(5-13)6-14-15/h2-4,6-7H,5,13H2,1H3. The van der Waals surface area contributed by atoms with Crippen LogP contribution in [-0.2, 0) is 6.54 Å². The van der Waals surface area contributed by atoms with E-state index in [9.17, 15) is 0 Å². The maximum Gasteiger partial charge on any atom is 0.0675 e. The van der Waals surface area contributed by atoms with E-state index in [2.05, 4.69) is 34.0 Å². The van der Waals surface area contributed by atoms with Gasteiger partial charge in [0.05, 0.1) is 11.9 Å². The predicted molar refractivity (Wildman–Crippen MR) is 63.9 cm³/mol. The van der Waals surface area contributed by atoms with Gasteiger partial charge in [0.2, 0.25) is 0 Å². The molecule has 0 spiro atoms. The average molecular weight is 266 g/mol. The predicted octanol–water partition coefficient (Wildman–Crippen LogP) is 2.40. The molecule has 3 nitrogen and oxygen atoms in total. The first-order chi connectivity index (χ1) is 7.20. The van der Waals surface area contributed by atoms with Crippen molar-refractivity contribution >= 4 is 15.9 Å². The molecule has 78 valence electrons. The molecule has 0 aliphatic rings. The highest BCUT2D eigenvalue weighted by molar-refractivity contribution is 9.10. The largest absolute Gasteiger partial charge is 0.326 e. The molecule has 2 rings (SSSR count). The van der Waals surface area contributed by atoms with Crippen molar-refractivity contribution in [3.8, 4) is 5.69 Å². The number of nitrogens with two attached hydrogens (primary N) is 1. The minimum atomic E-state index is 0.523. The fourth-order valence-corrected chi connectivity index (χ4v) is 1.95. The lowest BCUT2D eigenvalue weighted by atomic mass is 10.2. The van der Waals surface area contributed by atoms with E-state index in [1.54, 1.807) is 6.20 Å². The number of benzene rings is 1. The Morgan fingerprint density at radius 3 is 2.87 bits per heavy atom. The summed E-state index contributed by atoms with van der Waals surface area (Å²) < 4.78 is 2.93. The number of aryl methyl sites for hydroxylation is 1. The lowest BCUT2D eigenvalue weighted by Gasteiger charge is -2.05. The molecule has 1 aromatic carbocycles. The van der Waals surface area contributed by atoms with Crippen LogP contribution in [0.4, 0.5) is 0 Å². The van der Waals surface area contributed by atoms with E-state index in [-0.39, 0.29) is 0 Å². The molecule has 0 saturated carbocycles. The third kappa shape index (κ3) is 2.11. The number of rotatable bonds is 2. The van der Waals surface area contributed by atoms with E-state index >= 15 is 0 Å². The Morgan fingerprint density at radius 1 is 1.47 bits per heavy atom. The van der Waals surface area contributed by atoms with Crippen LogP contribution in [0.3, 0.4) is 0 Å². The molecule has 0 atom stereocenters. The SMILES string of the molecule is Cc1cc(Br)ccc1-n1cc(CN)cn1. The van der Waals surface area contributed by atoms with E-state index < -0.39 is 0 Å². The van der Waals surface area contributed by atoms with Crippen molar-refractivity contribution in [3.05, 3.63) is 46.2 Å². The van der Waals surface area contributed by atoms with Crippen molar-refractivity contribution < 1.29 is 0 Å². The second kappa shape index (κ2) is 4.16. The summed E-state index contributed by atoms with van der Waals surface area (Å²) in [5, 5.41) is 4.27. The number of hydrogen-bond acceptors (Lipinski definition) is 2. The lowest BCUT2D eigenvalue weighted by molar-refractivity contribution is 0.871. The normalized spacial score (nSPS) is 10.6. The zero-order valence-electron chi connectivity index (χ0n) is 8.44. The van der Waals surface area contributed by atoms with E-state index in [1.807, 2.05) is 23.0 Å². The number of halogens is 1. The van der Waals surface area contributed by atoms with E-state index in [4.69, 9.17) is 5.73 Å². The Kier molecular flexibility index (Phi) is 2.88. The molecule has 0 fully saturated rings. The minimum absolute atomic E-state index is 0.523. The fraction of sp³-hybridized carbons (Fsp3) is 0.182. The van der Waals surface area contributed by atoms with E-state index in [1.165, 1.54) is 5.56 Å². The summed E-state index contributed by atoms with van der Waals surface area (Å²) in [5.41, 5.74) is 8.84. The summed E-state index contributed by atoms with van der Waals surface area (Å²) in [4.78, 5) is 0. The highest BCUT2D eigenvalue weighted by Crippen LogP contribution is 2.19. The molecule has 0 aliphatic heterocycles. The monoisotopic (exact) mass is 265 g/mol. The molecule has 2 aromatic rings. The van der Waals surface area contributed by atoms with Crippen LogP contribution >= 0.6 is 15.9 Å². The first-order valence-corrected chi connectivity index (χ1v) is 5.50. The summed E-state index contributed by atoms with van der Waals surface area (Å²) in [6.45, 7) is 2.58. The first-order valence-electron chi connectivity index (χ1n) is 4.71. The van der Waals surface area contributed by atoms with Crippen LogP contribution in [0.1, 0.15) is 11.1 Å². The Hall–Kier alpha value is -1.13. The summed E-state index contributed by atoms with van der Waals surface area (Å²) in [5.74, 6) is 0. The highest BCUT2D eigenvalue weighted by atomic mass is 79.9. The fourth-order valence-electron chi connectivity index (χ4n) is 1.47. The zero-order chi connectivity index (χ0) is 10.8. The van der Waals surface area contributed by atoms with Gasteiger partial charge in [0.1, 0.15) is 0 Å². The van der Waals surface area contributed by atoms with Crippen LogP contribution < -0.4 is 5.73 Å². The number of hydrogen-bond donors (Lipinski definition) is 1. The van der Waals surface area contributed by atoms with Crippen molar-refractivity contribution in [1.82, 2.24) is 9.78 Å². The lowest BCUT2D eigenvalue weighted by Crippen LogP contribution is -1.97. The molecule has 1 heterocycles. The van der Waals surface area contributed by atoms with Gasteiger partial charge >= 0.3 is 0 Å². The van der Waals surface area contributed by atoms with Crippen molar-refractivity contribution in [1.29, 1.82) is 0 Å². The third-order valence-corrected chi connectivity index (χ3v) is 2.77. The van der Waals surface area contributed by atoms with Gasteiger partial charge in [-0.25, -0.2) is 4.68 Å². The molecule has 0 unspecified atom stereocenters. The van der Waals surface area contributed by atoms with E-state index in [0.717, 1.165) is 15.7 Å². The summed E-state index contributed by atoms with van der Waals surface area (Å²) in [6.07, 6.45) is 3.75. The van der Waals surface area contributed by atoms with E-state index in [0.29, 0.717) is 6.54 Å². The second-order valence-electron chi connectivity index (χ2n) is 3.43. The van der Waals surface area contributed by atoms with Crippen LogP contribution in [0.2, 0.25) is 0 Å². The highest BCUT2D eigenvalue weighted by Gasteiger charge is 2.03. The van der Waals surface area contributed by atoms with Crippen LogP contribution in [0, 0.1) is 6.92 Å². The number of aromatic nitrogens is 2. The number of nitrogens with zero attached hydrogens (tertiary/aromatic N) is 2. The van der Waals surface area contributed by atoms with Crippen LogP contribution in [0.15, 0.2) is 35.1 Å². The quantitative estimate of drug-likeness (QED) is 0.907. The second-order valence-corrected chi connectivity index (χ2v) is 4.34. The first kappa shape index (κ1) is 10.4. The van der Waals surface area contributed by atoms with Gasteiger partial charge in [-0.15, -0.1) is 0 Å². The molecule has 0 saturated heterocycles. The Morgan fingerprint density at radius 2 is 2.27 bits per heavy atom. The minimum Gasteiger partial charge on any atom is -0.326 e. The summed E-state index contributed by atoms with van der Waals surface area (Å²) >= 11 is 3.44. The molecule has 0 bridgehead atoms. The van der Waals surface area contributed by atoms with Gasteiger partial charge in [0.25, 0.3) is 0 Å². The topological polar surface area (TPSA) is 43.8 Å². The van der Waals surface area contributed by atoms with Crippen molar-refractivity contribution in [2.45, 2.75) is 13.5 Å². The molecule has 0 aliphatic carbocycles.